The third-order valence-corrected chi connectivity index (χ3v) is 4.91. The molecule has 0 aromatic heterocycles. The van der Waals surface area contributed by atoms with E-state index in [0.29, 0.717) is 5.75 Å². The van der Waals surface area contributed by atoms with Crippen LogP contribution in [0.25, 0.3) is 0 Å². The Kier molecular flexibility index (Phi) is 5.33. The molecule has 0 saturated heterocycles. The molecule has 0 aliphatic rings. The number of nitrogens with one attached hydrogen (secondary N) is 1. The minimum Gasteiger partial charge on any atom is -0.497 e. The lowest BCUT2D eigenvalue weighted by Gasteiger charge is -2.08. The summed E-state index contributed by atoms with van der Waals surface area (Å²) in [6, 6.07) is 11.8. The Morgan fingerprint density at radius 2 is 1.87 bits per heavy atom. The predicted octanol–water partition coefficient (Wildman–Crippen LogP) is 2.04. The smallest absolute Gasteiger partial charge is 0.254 e. The van der Waals surface area contributed by atoms with Crippen molar-refractivity contribution >= 4 is 15.7 Å². The molecule has 0 aliphatic heterocycles. The fraction of sp³-hybridized carbons (Fsp3) is 0.188. The first kappa shape index (κ1) is 17.0. The van der Waals surface area contributed by atoms with Crippen molar-refractivity contribution in [2.45, 2.75) is 4.90 Å². The SMILES string of the molecule is COc1ccc(C(=O)NCCS(=O)(=O)c2ccccc2)c(F)c1. The molecule has 2 aromatic carbocycles. The quantitative estimate of drug-likeness (QED) is 0.875. The van der Waals surface area contributed by atoms with Crippen LogP contribution < -0.4 is 10.1 Å². The molecule has 2 aromatic rings. The standard InChI is InChI=1S/C16H16FNO4S/c1-22-12-7-8-14(15(17)11-12)16(19)18-9-10-23(20,21)13-5-3-2-4-6-13/h2-8,11H,9-10H2,1H3,(H,18,19). The van der Waals surface area contributed by atoms with Gasteiger partial charge in [-0.3, -0.25) is 4.79 Å². The number of benzene rings is 2. The van der Waals surface area contributed by atoms with Crippen molar-refractivity contribution in [2.24, 2.45) is 0 Å². The lowest BCUT2D eigenvalue weighted by atomic mass is 10.2. The summed E-state index contributed by atoms with van der Waals surface area (Å²) < 4.78 is 42.7. The zero-order chi connectivity index (χ0) is 16.9. The van der Waals surface area contributed by atoms with Crippen molar-refractivity contribution in [3.05, 3.63) is 59.9 Å². The molecule has 0 bridgehead atoms. The zero-order valence-electron chi connectivity index (χ0n) is 12.5. The molecule has 1 N–H and O–H groups in total. The van der Waals surface area contributed by atoms with Gasteiger partial charge in [-0.05, 0) is 24.3 Å². The maximum absolute atomic E-state index is 13.8. The third kappa shape index (κ3) is 4.29. The molecule has 23 heavy (non-hydrogen) atoms. The predicted molar refractivity (Wildman–Crippen MR) is 83.8 cm³/mol. The van der Waals surface area contributed by atoms with Gasteiger partial charge in [0.05, 0.1) is 23.3 Å². The maximum atomic E-state index is 13.8. The Hall–Kier alpha value is -2.41. The fourth-order valence-electron chi connectivity index (χ4n) is 1.95. The van der Waals surface area contributed by atoms with Gasteiger partial charge in [-0.2, -0.15) is 0 Å². The van der Waals surface area contributed by atoms with Gasteiger partial charge in [0.25, 0.3) is 5.91 Å². The second-order valence-electron chi connectivity index (χ2n) is 4.73. The topological polar surface area (TPSA) is 72.5 Å². The monoisotopic (exact) mass is 337 g/mol. The van der Waals surface area contributed by atoms with Gasteiger partial charge in [-0.25, -0.2) is 12.8 Å². The second kappa shape index (κ2) is 7.23. The van der Waals surface area contributed by atoms with Crippen molar-refractivity contribution in [1.29, 1.82) is 0 Å². The first-order chi connectivity index (χ1) is 10.9. The number of rotatable bonds is 6. The second-order valence-corrected chi connectivity index (χ2v) is 6.84. The molecule has 0 radical (unpaired) electrons. The zero-order valence-corrected chi connectivity index (χ0v) is 13.3. The van der Waals surface area contributed by atoms with Crippen LogP contribution in [0, 0.1) is 5.82 Å². The molecule has 0 heterocycles. The molecule has 0 atom stereocenters. The van der Waals surface area contributed by atoms with E-state index in [1.807, 2.05) is 0 Å². The van der Waals surface area contributed by atoms with Crippen LogP contribution in [0.5, 0.6) is 5.75 Å². The average molecular weight is 337 g/mol. The van der Waals surface area contributed by atoms with Gasteiger partial charge in [-0.1, -0.05) is 18.2 Å². The molecular formula is C16H16FNO4S. The summed E-state index contributed by atoms with van der Waals surface area (Å²) in [6.07, 6.45) is 0. The Balaban J connectivity index is 1.98. The summed E-state index contributed by atoms with van der Waals surface area (Å²) in [5.41, 5.74) is -0.164. The van der Waals surface area contributed by atoms with Gasteiger partial charge in [-0.15, -0.1) is 0 Å². The van der Waals surface area contributed by atoms with Crippen LogP contribution in [0.4, 0.5) is 4.39 Å². The number of sulfone groups is 1. The Morgan fingerprint density at radius 3 is 2.48 bits per heavy atom. The van der Waals surface area contributed by atoms with Crippen LogP contribution in [0.15, 0.2) is 53.4 Å². The molecule has 5 nitrogen and oxygen atoms in total. The van der Waals surface area contributed by atoms with Gasteiger partial charge in [0, 0.05) is 12.6 Å². The van der Waals surface area contributed by atoms with E-state index in [1.165, 1.54) is 31.4 Å². The van der Waals surface area contributed by atoms with E-state index >= 15 is 0 Å². The van der Waals surface area contributed by atoms with Crippen LogP contribution in [0.3, 0.4) is 0 Å². The molecular weight excluding hydrogens is 321 g/mol. The number of carbonyl (C=O) groups excluding carboxylic acids is 1. The van der Waals surface area contributed by atoms with Crippen molar-refractivity contribution in [3.63, 3.8) is 0 Å². The lowest BCUT2D eigenvalue weighted by Crippen LogP contribution is -2.29. The summed E-state index contributed by atoms with van der Waals surface area (Å²) in [5.74, 6) is -1.37. The Morgan fingerprint density at radius 1 is 1.17 bits per heavy atom. The minimum atomic E-state index is -3.49. The van der Waals surface area contributed by atoms with E-state index < -0.39 is 21.6 Å². The molecule has 7 heteroatoms. The van der Waals surface area contributed by atoms with Crippen LogP contribution in [-0.2, 0) is 9.84 Å². The number of carbonyl (C=O) groups is 1. The average Bonchev–Trinajstić information content (AvgIpc) is 2.55. The van der Waals surface area contributed by atoms with Gasteiger partial charge >= 0.3 is 0 Å². The van der Waals surface area contributed by atoms with E-state index in [9.17, 15) is 17.6 Å². The van der Waals surface area contributed by atoms with Crippen molar-refractivity contribution in [3.8, 4) is 5.75 Å². The highest BCUT2D eigenvalue weighted by molar-refractivity contribution is 7.91. The highest BCUT2D eigenvalue weighted by atomic mass is 32.2. The summed E-state index contributed by atoms with van der Waals surface area (Å²) in [5, 5.41) is 2.40. The molecule has 122 valence electrons. The summed E-state index contributed by atoms with van der Waals surface area (Å²) in [4.78, 5) is 12.1. The lowest BCUT2D eigenvalue weighted by molar-refractivity contribution is 0.0952. The van der Waals surface area contributed by atoms with Crippen LogP contribution in [-0.4, -0.2) is 33.7 Å². The van der Waals surface area contributed by atoms with Crippen LogP contribution in [0.1, 0.15) is 10.4 Å². The highest BCUT2D eigenvalue weighted by Gasteiger charge is 2.16. The normalized spacial score (nSPS) is 11.0. The molecule has 0 fully saturated rings. The summed E-state index contributed by atoms with van der Waals surface area (Å²) in [7, 11) is -2.10. The van der Waals surface area contributed by atoms with Gasteiger partial charge in [0.1, 0.15) is 11.6 Å². The highest BCUT2D eigenvalue weighted by Crippen LogP contribution is 2.16. The maximum Gasteiger partial charge on any atom is 0.254 e. The largest absolute Gasteiger partial charge is 0.497 e. The first-order valence-corrected chi connectivity index (χ1v) is 8.49. The summed E-state index contributed by atoms with van der Waals surface area (Å²) in [6.45, 7) is -0.110. The van der Waals surface area contributed by atoms with Crippen LogP contribution >= 0.6 is 0 Å². The van der Waals surface area contributed by atoms with E-state index in [2.05, 4.69) is 5.32 Å². The molecule has 1 amide bonds. The van der Waals surface area contributed by atoms with Crippen LogP contribution in [0.2, 0.25) is 0 Å². The Labute approximate surface area is 134 Å². The van der Waals surface area contributed by atoms with Crippen molar-refractivity contribution in [1.82, 2.24) is 5.32 Å². The third-order valence-electron chi connectivity index (χ3n) is 3.18. The fourth-order valence-corrected chi connectivity index (χ4v) is 3.13. The van der Waals surface area contributed by atoms with Gasteiger partial charge in [0.2, 0.25) is 0 Å². The van der Waals surface area contributed by atoms with Crippen molar-refractivity contribution in [2.75, 3.05) is 19.4 Å². The Bertz CT molecular complexity index is 791. The number of methoxy groups -OCH3 is 1. The molecule has 0 unspecified atom stereocenters. The number of ether oxygens (including phenoxy) is 1. The number of hydrogen-bond donors (Lipinski definition) is 1. The van der Waals surface area contributed by atoms with Gasteiger partial charge < -0.3 is 10.1 Å². The molecule has 0 saturated carbocycles. The minimum absolute atomic E-state index is 0.110. The molecule has 0 spiro atoms. The van der Waals surface area contributed by atoms with E-state index in [4.69, 9.17) is 4.74 Å². The summed E-state index contributed by atoms with van der Waals surface area (Å²) >= 11 is 0. The number of halogens is 1. The van der Waals surface area contributed by atoms with E-state index in [-0.39, 0.29) is 22.8 Å². The number of hydrogen-bond acceptors (Lipinski definition) is 4. The molecule has 0 aliphatic carbocycles. The van der Waals surface area contributed by atoms with Crippen molar-refractivity contribution < 1.29 is 22.3 Å². The van der Waals surface area contributed by atoms with E-state index in [0.717, 1.165) is 6.07 Å². The number of amides is 1. The van der Waals surface area contributed by atoms with E-state index in [1.54, 1.807) is 18.2 Å². The first-order valence-electron chi connectivity index (χ1n) is 6.83. The van der Waals surface area contributed by atoms with Gasteiger partial charge in [0.15, 0.2) is 9.84 Å². The molecule has 2 rings (SSSR count).